The maximum absolute atomic E-state index is 12.0. The molecule has 1 atom stereocenters. The largest absolute Gasteiger partial charge is 0.497 e. The van der Waals surface area contributed by atoms with Crippen molar-refractivity contribution < 1.29 is 24.2 Å². The fraction of sp³-hybridized carbons (Fsp3) is 0.500. The van der Waals surface area contributed by atoms with Gasteiger partial charge in [0.25, 0.3) is 0 Å². The highest BCUT2D eigenvalue weighted by Gasteiger charge is 2.45. The molecule has 21 heavy (non-hydrogen) atoms. The van der Waals surface area contributed by atoms with Crippen molar-refractivity contribution >= 4 is 11.9 Å². The lowest BCUT2D eigenvalue weighted by molar-refractivity contribution is -0.169. The van der Waals surface area contributed by atoms with Crippen LogP contribution < -0.4 is 4.74 Å². The highest BCUT2D eigenvalue weighted by Crippen LogP contribution is 2.31. The van der Waals surface area contributed by atoms with Crippen LogP contribution in [0.5, 0.6) is 5.75 Å². The Balaban J connectivity index is 2.86. The van der Waals surface area contributed by atoms with E-state index in [-0.39, 0.29) is 19.4 Å². The molecular weight excluding hydrogens is 272 g/mol. The van der Waals surface area contributed by atoms with E-state index in [0.717, 1.165) is 11.3 Å². The molecule has 0 spiro atoms. The van der Waals surface area contributed by atoms with Crippen molar-refractivity contribution in [2.45, 2.75) is 33.1 Å². The number of benzene rings is 1. The van der Waals surface area contributed by atoms with Crippen molar-refractivity contribution in [2.24, 2.45) is 5.41 Å². The molecule has 0 radical (unpaired) electrons. The molecule has 0 bridgehead atoms. The van der Waals surface area contributed by atoms with Crippen LogP contribution in [-0.4, -0.2) is 30.8 Å². The summed E-state index contributed by atoms with van der Waals surface area (Å²) in [7, 11) is 1.59. The van der Waals surface area contributed by atoms with Crippen molar-refractivity contribution in [3.05, 3.63) is 29.8 Å². The van der Waals surface area contributed by atoms with E-state index in [2.05, 4.69) is 0 Å². The van der Waals surface area contributed by atoms with Crippen molar-refractivity contribution in [2.75, 3.05) is 13.7 Å². The first-order valence-electron chi connectivity index (χ1n) is 7.03. The summed E-state index contributed by atoms with van der Waals surface area (Å²) in [6.45, 7) is 3.54. The zero-order chi connectivity index (χ0) is 15.9. The lowest BCUT2D eigenvalue weighted by Gasteiger charge is -2.25. The number of methoxy groups -OCH3 is 1. The molecule has 1 rings (SSSR count). The highest BCUT2D eigenvalue weighted by molar-refractivity contribution is 5.99. The first-order chi connectivity index (χ1) is 10.00. The second kappa shape index (κ2) is 7.67. The van der Waals surface area contributed by atoms with Gasteiger partial charge in [-0.1, -0.05) is 19.1 Å². The van der Waals surface area contributed by atoms with Gasteiger partial charge in [-0.15, -0.1) is 0 Å². The van der Waals surface area contributed by atoms with Crippen LogP contribution in [0.25, 0.3) is 0 Å². The molecule has 5 nitrogen and oxygen atoms in total. The third-order valence-electron chi connectivity index (χ3n) is 3.68. The second-order valence-corrected chi connectivity index (χ2v) is 4.81. The van der Waals surface area contributed by atoms with E-state index in [1.165, 1.54) is 0 Å². The molecule has 1 aromatic rings. The average Bonchev–Trinajstić information content (AvgIpc) is 2.49. The van der Waals surface area contributed by atoms with Gasteiger partial charge in [-0.3, -0.25) is 9.59 Å². The van der Waals surface area contributed by atoms with Gasteiger partial charge in [0.1, 0.15) is 5.75 Å². The third kappa shape index (κ3) is 3.97. The first-order valence-corrected chi connectivity index (χ1v) is 7.03. The maximum atomic E-state index is 12.0. The predicted octanol–water partition coefficient (Wildman–Crippen LogP) is 2.67. The Morgan fingerprint density at radius 1 is 1.19 bits per heavy atom. The lowest BCUT2D eigenvalue weighted by atomic mass is 9.79. The summed E-state index contributed by atoms with van der Waals surface area (Å²) in [5.74, 6) is -1.05. The first kappa shape index (κ1) is 17.0. The van der Waals surface area contributed by atoms with Crippen LogP contribution in [0.1, 0.15) is 32.3 Å². The maximum Gasteiger partial charge on any atom is 0.323 e. The van der Waals surface area contributed by atoms with E-state index in [1.54, 1.807) is 21.0 Å². The van der Waals surface area contributed by atoms with Crippen LogP contribution in [0.4, 0.5) is 0 Å². The molecule has 0 fully saturated rings. The van der Waals surface area contributed by atoms with E-state index < -0.39 is 17.4 Å². The normalized spacial score (nSPS) is 13.3. The highest BCUT2D eigenvalue weighted by atomic mass is 16.5. The minimum atomic E-state index is -1.48. The fourth-order valence-electron chi connectivity index (χ4n) is 2.19. The summed E-state index contributed by atoms with van der Waals surface area (Å²) < 4.78 is 10.0. The topological polar surface area (TPSA) is 72.8 Å². The molecule has 1 aromatic carbocycles. The molecule has 0 aliphatic carbocycles. The number of carbonyl (C=O) groups excluding carboxylic acids is 1. The molecular formula is C16H22O5. The fourth-order valence-corrected chi connectivity index (χ4v) is 2.19. The molecule has 0 amide bonds. The summed E-state index contributed by atoms with van der Waals surface area (Å²) in [6.07, 6.45) is 0.907. The van der Waals surface area contributed by atoms with Crippen LogP contribution in [0.3, 0.4) is 0 Å². The number of carboxylic acids is 1. The number of ether oxygens (including phenoxy) is 2. The quantitative estimate of drug-likeness (QED) is 0.589. The number of aliphatic carboxylic acids is 1. The zero-order valence-electron chi connectivity index (χ0n) is 12.7. The lowest BCUT2D eigenvalue weighted by Crippen LogP contribution is -2.40. The van der Waals surface area contributed by atoms with Crippen LogP contribution >= 0.6 is 0 Å². The molecule has 5 heteroatoms. The number of carbonyl (C=O) groups is 2. The monoisotopic (exact) mass is 294 g/mol. The van der Waals surface area contributed by atoms with Crippen molar-refractivity contribution in [3.8, 4) is 5.75 Å². The van der Waals surface area contributed by atoms with Gasteiger partial charge < -0.3 is 14.6 Å². The zero-order valence-corrected chi connectivity index (χ0v) is 12.7. The van der Waals surface area contributed by atoms with Gasteiger partial charge >= 0.3 is 11.9 Å². The van der Waals surface area contributed by atoms with E-state index in [9.17, 15) is 14.7 Å². The van der Waals surface area contributed by atoms with E-state index in [1.807, 2.05) is 24.3 Å². The molecule has 0 heterocycles. The molecule has 0 saturated heterocycles. The number of esters is 1. The molecule has 0 aliphatic heterocycles. The Hall–Kier alpha value is -2.04. The molecule has 1 unspecified atom stereocenters. The molecule has 0 aromatic heterocycles. The SMILES string of the molecule is CCOC(=O)C(CC)(CCc1ccc(OC)cc1)C(=O)O. The number of hydrogen-bond acceptors (Lipinski definition) is 4. The number of aryl methyl sites for hydroxylation is 1. The molecule has 0 aliphatic rings. The Morgan fingerprint density at radius 2 is 1.81 bits per heavy atom. The van der Waals surface area contributed by atoms with Gasteiger partial charge in [0, 0.05) is 0 Å². The van der Waals surface area contributed by atoms with E-state index >= 15 is 0 Å². The van der Waals surface area contributed by atoms with E-state index in [0.29, 0.717) is 6.42 Å². The minimum absolute atomic E-state index is 0.177. The van der Waals surface area contributed by atoms with Crippen molar-refractivity contribution in [1.29, 1.82) is 0 Å². The Morgan fingerprint density at radius 3 is 2.24 bits per heavy atom. The van der Waals surface area contributed by atoms with Gasteiger partial charge in [0.05, 0.1) is 13.7 Å². The summed E-state index contributed by atoms with van der Waals surface area (Å²) >= 11 is 0. The average molecular weight is 294 g/mol. The molecule has 1 N–H and O–H groups in total. The number of hydrogen-bond donors (Lipinski definition) is 1. The standard InChI is InChI=1S/C16H22O5/c1-4-16(14(17)18,15(19)21-5-2)11-10-12-6-8-13(20-3)9-7-12/h6-9H,4-5,10-11H2,1-3H3,(H,17,18). The molecule has 116 valence electrons. The molecule has 0 saturated carbocycles. The second-order valence-electron chi connectivity index (χ2n) is 4.81. The van der Waals surface area contributed by atoms with Gasteiger partial charge in [0.15, 0.2) is 5.41 Å². The van der Waals surface area contributed by atoms with E-state index in [4.69, 9.17) is 9.47 Å². The summed E-state index contributed by atoms with van der Waals surface area (Å²) in [6, 6.07) is 7.36. The third-order valence-corrected chi connectivity index (χ3v) is 3.68. The van der Waals surface area contributed by atoms with Crippen molar-refractivity contribution in [3.63, 3.8) is 0 Å². The summed E-state index contributed by atoms with van der Waals surface area (Å²) in [5.41, 5.74) is -0.519. The Kier molecular flexibility index (Phi) is 6.21. The van der Waals surface area contributed by atoms with Gasteiger partial charge in [-0.2, -0.15) is 0 Å². The Labute approximate surface area is 124 Å². The number of carboxylic acid groups (broad SMARTS) is 1. The predicted molar refractivity (Wildman–Crippen MR) is 78.3 cm³/mol. The van der Waals surface area contributed by atoms with Crippen LogP contribution in [-0.2, 0) is 20.7 Å². The van der Waals surface area contributed by atoms with Crippen LogP contribution in [0, 0.1) is 5.41 Å². The van der Waals surface area contributed by atoms with Crippen LogP contribution in [0.2, 0.25) is 0 Å². The number of rotatable bonds is 8. The minimum Gasteiger partial charge on any atom is -0.497 e. The summed E-state index contributed by atoms with van der Waals surface area (Å²) in [4.78, 5) is 23.6. The van der Waals surface area contributed by atoms with Gasteiger partial charge in [-0.25, -0.2) is 0 Å². The van der Waals surface area contributed by atoms with Crippen molar-refractivity contribution in [1.82, 2.24) is 0 Å². The smallest absolute Gasteiger partial charge is 0.323 e. The summed E-state index contributed by atoms with van der Waals surface area (Å²) in [5, 5.41) is 9.46. The van der Waals surface area contributed by atoms with Gasteiger partial charge in [-0.05, 0) is 43.9 Å². The van der Waals surface area contributed by atoms with Crippen LogP contribution in [0.15, 0.2) is 24.3 Å². The Bertz CT molecular complexity index is 480. The van der Waals surface area contributed by atoms with Gasteiger partial charge in [0.2, 0.25) is 0 Å².